The zero-order chi connectivity index (χ0) is 22.6. The number of benzene rings is 2. The lowest BCUT2D eigenvalue weighted by molar-refractivity contribution is 0.122. The van der Waals surface area contributed by atoms with Crippen LogP contribution in [0.15, 0.2) is 71.7 Å². The maximum Gasteiger partial charge on any atom is 0.158 e. The summed E-state index contributed by atoms with van der Waals surface area (Å²) in [6.07, 6.45) is 1.91. The van der Waals surface area contributed by atoms with E-state index in [0.29, 0.717) is 19.8 Å². The first-order valence-corrected chi connectivity index (χ1v) is 11.2. The monoisotopic (exact) mass is 440 g/mol. The van der Waals surface area contributed by atoms with Crippen LogP contribution < -0.4 is 9.80 Å². The Morgan fingerprint density at radius 1 is 1.00 bits per heavy atom. The van der Waals surface area contributed by atoms with Crippen molar-refractivity contribution < 1.29 is 4.74 Å². The molecule has 7 heteroatoms. The van der Waals surface area contributed by atoms with Crippen molar-refractivity contribution >= 4 is 23.4 Å². The summed E-state index contributed by atoms with van der Waals surface area (Å²) in [5.41, 5.74) is 5.99. The summed E-state index contributed by atoms with van der Waals surface area (Å²) in [5, 5.41) is 4.88. The molecule has 1 aliphatic rings. The van der Waals surface area contributed by atoms with Crippen LogP contribution in [0.4, 0.5) is 11.5 Å². The van der Waals surface area contributed by atoms with Gasteiger partial charge in [0, 0.05) is 56.8 Å². The molecule has 0 radical (unpaired) electrons. The van der Waals surface area contributed by atoms with Crippen LogP contribution in [0.3, 0.4) is 0 Å². The van der Waals surface area contributed by atoms with Crippen molar-refractivity contribution in [1.29, 1.82) is 0 Å². The van der Waals surface area contributed by atoms with Crippen LogP contribution in [-0.4, -0.2) is 61.2 Å². The third kappa shape index (κ3) is 4.73. The zero-order valence-corrected chi connectivity index (χ0v) is 19.1. The Balaban J connectivity index is 1.45. The lowest BCUT2D eigenvalue weighted by Gasteiger charge is -2.29. The topological polar surface area (TPSA) is 58.3 Å². The summed E-state index contributed by atoms with van der Waals surface area (Å²) in [7, 11) is 4.08. The molecule has 4 aromatic rings. The molecule has 7 nitrogen and oxygen atoms in total. The van der Waals surface area contributed by atoms with Crippen molar-refractivity contribution in [2.45, 2.75) is 6.54 Å². The number of fused-ring (bicyclic) bond motifs is 1. The van der Waals surface area contributed by atoms with E-state index in [0.717, 1.165) is 47.1 Å². The highest BCUT2D eigenvalue weighted by molar-refractivity contribution is 5.80. The number of nitrogens with zero attached hydrogens (tertiary/aromatic N) is 6. The van der Waals surface area contributed by atoms with Gasteiger partial charge in [0.2, 0.25) is 0 Å². The molecule has 3 heterocycles. The second kappa shape index (κ2) is 9.42. The summed E-state index contributed by atoms with van der Waals surface area (Å²) >= 11 is 0. The van der Waals surface area contributed by atoms with E-state index >= 15 is 0 Å². The average molecular weight is 441 g/mol. The molecule has 0 aliphatic carbocycles. The number of ether oxygens (including phenoxy) is 1. The second-order valence-electron chi connectivity index (χ2n) is 8.33. The van der Waals surface area contributed by atoms with E-state index < -0.39 is 0 Å². The van der Waals surface area contributed by atoms with Gasteiger partial charge in [0.1, 0.15) is 5.82 Å². The zero-order valence-electron chi connectivity index (χ0n) is 19.1. The fraction of sp³-hybridized carbons (Fsp3) is 0.269. The quantitative estimate of drug-likeness (QED) is 0.426. The largest absolute Gasteiger partial charge is 0.378 e. The number of rotatable bonds is 6. The van der Waals surface area contributed by atoms with Crippen molar-refractivity contribution in [2.75, 3.05) is 50.2 Å². The molecule has 0 atom stereocenters. The SMILES string of the molecule is CN(C)c1ccc(C=NCc2cc(N3CCOCC3)n3nc(-c4ccccc4)cc3n2)cc1. The molecule has 33 heavy (non-hydrogen) atoms. The number of anilines is 2. The Bertz CT molecular complexity index is 1240. The Kier molecular flexibility index (Phi) is 6.04. The van der Waals surface area contributed by atoms with Crippen molar-refractivity contribution in [2.24, 2.45) is 4.99 Å². The van der Waals surface area contributed by atoms with E-state index in [2.05, 4.69) is 57.3 Å². The number of hydrogen-bond donors (Lipinski definition) is 0. The van der Waals surface area contributed by atoms with Gasteiger partial charge in [-0.15, -0.1) is 0 Å². The van der Waals surface area contributed by atoms with Gasteiger partial charge >= 0.3 is 0 Å². The Hall–Kier alpha value is -3.71. The van der Waals surface area contributed by atoms with Crippen molar-refractivity contribution in [3.63, 3.8) is 0 Å². The standard InChI is InChI=1S/C26H28N6O/c1-30(2)23-10-8-20(9-11-23)18-27-19-22-16-26(31-12-14-33-15-13-31)32-25(28-22)17-24(29-32)21-6-4-3-5-7-21/h3-11,16-18H,12-15,19H2,1-2H3. The predicted octanol–water partition coefficient (Wildman–Crippen LogP) is 3.92. The van der Waals surface area contributed by atoms with E-state index in [9.17, 15) is 0 Å². The normalized spacial score (nSPS) is 14.3. The summed E-state index contributed by atoms with van der Waals surface area (Å²) in [6, 6.07) is 22.7. The maximum absolute atomic E-state index is 5.56. The molecule has 1 aliphatic heterocycles. The highest BCUT2D eigenvalue weighted by Crippen LogP contribution is 2.24. The summed E-state index contributed by atoms with van der Waals surface area (Å²) in [5.74, 6) is 1.03. The van der Waals surface area contributed by atoms with Gasteiger partial charge in [-0.2, -0.15) is 9.61 Å². The lowest BCUT2D eigenvalue weighted by Crippen LogP contribution is -2.37. The van der Waals surface area contributed by atoms with Gasteiger partial charge in [-0.05, 0) is 17.7 Å². The maximum atomic E-state index is 5.56. The van der Waals surface area contributed by atoms with Crippen LogP contribution in [0.1, 0.15) is 11.3 Å². The first kappa shape index (κ1) is 21.2. The van der Waals surface area contributed by atoms with Gasteiger partial charge in [0.05, 0.1) is 31.1 Å². The first-order valence-electron chi connectivity index (χ1n) is 11.2. The molecule has 0 spiro atoms. The molecule has 0 bridgehead atoms. The molecule has 5 rings (SSSR count). The third-order valence-corrected chi connectivity index (χ3v) is 5.77. The van der Waals surface area contributed by atoms with E-state index in [1.165, 1.54) is 5.69 Å². The van der Waals surface area contributed by atoms with E-state index in [-0.39, 0.29) is 0 Å². The first-order chi connectivity index (χ1) is 16.2. The molecule has 1 saturated heterocycles. The molecule has 0 unspecified atom stereocenters. The van der Waals surface area contributed by atoms with E-state index in [1.807, 2.05) is 49.1 Å². The minimum absolute atomic E-state index is 0.509. The minimum atomic E-state index is 0.509. The van der Waals surface area contributed by atoms with Crippen LogP contribution >= 0.6 is 0 Å². The molecule has 0 amide bonds. The van der Waals surface area contributed by atoms with E-state index in [4.69, 9.17) is 14.8 Å². The fourth-order valence-electron chi connectivity index (χ4n) is 3.96. The van der Waals surface area contributed by atoms with Crippen LogP contribution in [0.25, 0.3) is 16.9 Å². The van der Waals surface area contributed by atoms with Gasteiger partial charge in [0.25, 0.3) is 0 Å². The second-order valence-corrected chi connectivity index (χ2v) is 8.33. The minimum Gasteiger partial charge on any atom is -0.378 e. The lowest BCUT2D eigenvalue weighted by atomic mass is 10.2. The molecule has 2 aromatic heterocycles. The summed E-state index contributed by atoms with van der Waals surface area (Å²) in [6.45, 7) is 3.61. The molecule has 168 valence electrons. The fourth-order valence-corrected chi connectivity index (χ4v) is 3.96. The van der Waals surface area contributed by atoms with Crippen molar-refractivity contribution in [3.05, 3.63) is 78.0 Å². The Morgan fingerprint density at radius 2 is 1.76 bits per heavy atom. The summed E-state index contributed by atoms with van der Waals surface area (Å²) in [4.78, 5) is 13.9. The van der Waals surface area contributed by atoms with Crippen LogP contribution in [-0.2, 0) is 11.3 Å². The van der Waals surface area contributed by atoms with Crippen molar-refractivity contribution in [1.82, 2.24) is 14.6 Å². The van der Waals surface area contributed by atoms with Gasteiger partial charge in [-0.25, -0.2) is 4.98 Å². The molecule has 2 aromatic carbocycles. The van der Waals surface area contributed by atoms with Crippen LogP contribution in [0.2, 0.25) is 0 Å². The molecule has 1 fully saturated rings. The average Bonchev–Trinajstić information content (AvgIpc) is 3.29. The molecule has 0 N–H and O–H groups in total. The summed E-state index contributed by atoms with van der Waals surface area (Å²) < 4.78 is 7.51. The van der Waals surface area contributed by atoms with Gasteiger partial charge in [-0.3, -0.25) is 4.99 Å². The number of aromatic nitrogens is 3. The molecule has 0 saturated carbocycles. The Morgan fingerprint density at radius 3 is 2.48 bits per heavy atom. The van der Waals surface area contributed by atoms with E-state index in [1.54, 1.807) is 0 Å². The van der Waals surface area contributed by atoms with Gasteiger partial charge in [-0.1, -0.05) is 42.5 Å². The predicted molar refractivity (Wildman–Crippen MR) is 134 cm³/mol. The third-order valence-electron chi connectivity index (χ3n) is 5.77. The smallest absolute Gasteiger partial charge is 0.158 e. The van der Waals surface area contributed by atoms with Gasteiger partial charge < -0.3 is 14.5 Å². The number of hydrogen-bond acceptors (Lipinski definition) is 6. The molecular weight excluding hydrogens is 412 g/mol. The highest BCUT2D eigenvalue weighted by atomic mass is 16.5. The van der Waals surface area contributed by atoms with Crippen molar-refractivity contribution in [3.8, 4) is 11.3 Å². The van der Waals surface area contributed by atoms with Crippen LogP contribution in [0.5, 0.6) is 0 Å². The van der Waals surface area contributed by atoms with Gasteiger partial charge in [0.15, 0.2) is 5.65 Å². The van der Waals surface area contributed by atoms with Crippen LogP contribution in [0, 0.1) is 0 Å². The number of morpholine rings is 1. The highest BCUT2D eigenvalue weighted by Gasteiger charge is 2.18. The number of aliphatic imine (C=N–C) groups is 1. The molecular formula is C26H28N6O. The Labute approximate surface area is 194 Å².